The van der Waals surface area contributed by atoms with E-state index >= 15 is 0 Å². The van der Waals surface area contributed by atoms with Crippen LogP contribution in [0.2, 0.25) is 0 Å². The van der Waals surface area contributed by atoms with Crippen molar-refractivity contribution in [3.05, 3.63) is 41.4 Å². The molecule has 5 rings (SSSR count). The van der Waals surface area contributed by atoms with E-state index in [1.807, 2.05) is 6.26 Å². The number of hydrogen-bond acceptors (Lipinski definition) is 6. The number of hydrogen-bond donors (Lipinski definition) is 2. The van der Waals surface area contributed by atoms with Crippen LogP contribution >= 0.6 is 0 Å². The van der Waals surface area contributed by atoms with E-state index in [2.05, 4.69) is 34.4 Å². The molecule has 1 aliphatic carbocycles. The van der Waals surface area contributed by atoms with Crippen LogP contribution in [0.4, 0.5) is 26.3 Å². The number of furan rings is 1. The van der Waals surface area contributed by atoms with Gasteiger partial charge in [-0.15, -0.1) is 0 Å². The molecule has 2 fully saturated rings. The molecule has 40 heavy (non-hydrogen) atoms. The lowest BCUT2D eigenvalue weighted by molar-refractivity contribution is -0.193. The standard InChI is InChI=1S/C21H30N4O.2C2HF3O2/c1-16-22-20-19(25(16)12-17-3-4-17)13-24(11-18-5-10-26-14-18)15-21(20)6-8-23(2)9-7-21;2*3-2(4,5)1(6)7/h5,10,14,17H,3-4,6-9,11-13,15H2,1-2H3;2*(H,6,7). The summed E-state index contributed by atoms with van der Waals surface area (Å²) in [6.07, 6.45) is -1.26. The topological polar surface area (TPSA) is 112 Å². The van der Waals surface area contributed by atoms with Crippen LogP contribution in [0.25, 0.3) is 0 Å². The lowest BCUT2D eigenvalue weighted by atomic mass is 9.72. The molecule has 1 saturated carbocycles. The monoisotopic (exact) mass is 582 g/mol. The third kappa shape index (κ3) is 8.22. The number of nitrogens with zero attached hydrogens (tertiary/aromatic N) is 4. The van der Waals surface area contributed by atoms with E-state index in [1.165, 1.54) is 68.1 Å². The molecule has 2 aliphatic heterocycles. The molecule has 0 amide bonds. The number of alkyl halides is 6. The maximum Gasteiger partial charge on any atom is 0.490 e. The zero-order valence-electron chi connectivity index (χ0n) is 22.1. The Morgan fingerprint density at radius 3 is 2.08 bits per heavy atom. The SMILES string of the molecule is Cc1nc2c(n1CC1CC1)CN(Cc1ccoc1)CC21CCN(C)CC1.O=C(O)C(F)(F)F.O=C(O)C(F)(F)F. The number of fused-ring (bicyclic) bond motifs is 2. The van der Waals surface area contributed by atoms with Crippen molar-refractivity contribution in [3.8, 4) is 0 Å². The number of halogens is 6. The van der Waals surface area contributed by atoms with Crippen LogP contribution in [0.15, 0.2) is 23.0 Å². The number of likely N-dealkylation sites (tertiary alicyclic amines) is 1. The molecule has 1 spiro atoms. The van der Waals surface area contributed by atoms with Crippen molar-refractivity contribution < 1.29 is 50.6 Å². The van der Waals surface area contributed by atoms with Gasteiger partial charge in [0.15, 0.2) is 0 Å². The number of carbonyl (C=O) groups is 2. The fourth-order valence-electron chi connectivity index (χ4n) is 4.96. The van der Waals surface area contributed by atoms with Crippen molar-refractivity contribution in [3.63, 3.8) is 0 Å². The van der Waals surface area contributed by atoms with E-state index in [1.54, 1.807) is 6.26 Å². The number of aromatic nitrogens is 2. The fourth-order valence-corrected chi connectivity index (χ4v) is 4.96. The van der Waals surface area contributed by atoms with Crippen molar-refractivity contribution in [2.75, 3.05) is 26.7 Å². The minimum Gasteiger partial charge on any atom is -0.475 e. The van der Waals surface area contributed by atoms with Gasteiger partial charge in [-0.3, -0.25) is 4.90 Å². The molecule has 1 saturated heterocycles. The molecule has 4 heterocycles. The predicted molar refractivity (Wildman–Crippen MR) is 128 cm³/mol. The number of carboxylic acids is 2. The molecule has 3 aliphatic rings. The second-order valence-electron chi connectivity index (χ2n) is 10.5. The van der Waals surface area contributed by atoms with Gasteiger partial charge in [-0.1, -0.05) is 0 Å². The second-order valence-corrected chi connectivity index (χ2v) is 10.5. The van der Waals surface area contributed by atoms with Gasteiger partial charge in [0, 0.05) is 37.2 Å². The lowest BCUT2D eigenvalue weighted by Crippen LogP contribution is -2.51. The maximum atomic E-state index is 10.6. The van der Waals surface area contributed by atoms with Crippen LogP contribution < -0.4 is 0 Å². The summed E-state index contributed by atoms with van der Waals surface area (Å²) in [5.74, 6) is -3.41. The first-order valence-corrected chi connectivity index (χ1v) is 12.6. The Kier molecular flexibility index (Phi) is 9.60. The molecule has 0 atom stereocenters. The van der Waals surface area contributed by atoms with Crippen LogP contribution in [0, 0.1) is 12.8 Å². The molecular weight excluding hydrogens is 550 g/mol. The molecule has 0 aromatic carbocycles. The smallest absolute Gasteiger partial charge is 0.475 e. The van der Waals surface area contributed by atoms with Gasteiger partial charge in [-0.2, -0.15) is 26.3 Å². The van der Waals surface area contributed by atoms with Crippen molar-refractivity contribution in [2.45, 2.75) is 70.0 Å². The highest BCUT2D eigenvalue weighted by Crippen LogP contribution is 2.43. The van der Waals surface area contributed by atoms with Crippen molar-refractivity contribution in [1.82, 2.24) is 19.4 Å². The Morgan fingerprint density at radius 2 is 1.62 bits per heavy atom. The zero-order chi connectivity index (χ0) is 29.9. The average Bonchev–Trinajstić information content (AvgIpc) is 3.42. The number of carboxylic acid groups (broad SMARTS) is 2. The van der Waals surface area contributed by atoms with Crippen LogP contribution in [-0.2, 0) is 34.6 Å². The van der Waals surface area contributed by atoms with Crippen LogP contribution in [-0.4, -0.2) is 80.5 Å². The summed E-state index contributed by atoms with van der Waals surface area (Å²) in [5.41, 5.74) is 4.42. The summed E-state index contributed by atoms with van der Waals surface area (Å²) >= 11 is 0. The van der Waals surface area contributed by atoms with Gasteiger partial charge in [-0.05, 0) is 64.7 Å². The van der Waals surface area contributed by atoms with Gasteiger partial charge < -0.3 is 24.1 Å². The first kappa shape index (κ1) is 31.5. The van der Waals surface area contributed by atoms with E-state index in [0.717, 1.165) is 25.6 Å². The largest absolute Gasteiger partial charge is 0.490 e. The van der Waals surface area contributed by atoms with E-state index in [-0.39, 0.29) is 5.41 Å². The van der Waals surface area contributed by atoms with Gasteiger partial charge in [-0.25, -0.2) is 14.6 Å². The van der Waals surface area contributed by atoms with Crippen molar-refractivity contribution >= 4 is 11.9 Å². The number of rotatable bonds is 4. The summed E-state index contributed by atoms with van der Waals surface area (Å²) < 4.78 is 71.3. The van der Waals surface area contributed by atoms with Crippen LogP contribution in [0.3, 0.4) is 0 Å². The number of piperidine rings is 1. The van der Waals surface area contributed by atoms with Crippen LogP contribution in [0.1, 0.15) is 48.5 Å². The van der Waals surface area contributed by atoms with Crippen molar-refractivity contribution in [2.24, 2.45) is 5.92 Å². The normalized spacial score (nSPS) is 19.2. The number of aliphatic carboxylic acids is 2. The molecule has 0 bridgehead atoms. The molecule has 2 aromatic heterocycles. The first-order valence-electron chi connectivity index (χ1n) is 12.6. The highest BCUT2D eigenvalue weighted by molar-refractivity contribution is 5.73. The molecular formula is C25H32F6N4O5. The van der Waals surface area contributed by atoms with Crippen molar-refractivity contribution in [1.29, 1.82) is 0 Å². The Morgan fingerprint density at radius 1 is 1.07 bits per heavy atom. The van der Waals surface area contributed by atoms with Gasteiger partial charge in [0.25, 0.3) is 0 Å². The highest BCUT2D eigenvalue weighted by Gasteiger charge is 2.45. The first-order chi connectivity index (χ1) is 18.5. The molecule has 2 aromatic rings. The average molecular weight is 583 g/mol. The van der Waals surface area contributed by atoms with Crippen LogP contribution in [0.5, 0.6) is 0 Å². The molecule has 2 N–H and O–H groups in total. The van der Waals surface area contributed by atoms with E-state index in [4.69, 9.17) is 29.2 Å². The molecule has 224 valence electrons. The Bertz CT molecular complexity index is 1130. The minimum absolute atomic E-state index is 0.226. The lowest BCUT2D eigenvalue weighted by Gasteiger charge is -2.46. The highest BCUT2D eigenvalue weighted by atomic mass is 19.4. The molecule has 9 nitrogen and oxygen atoms in total. The Hall–Kier alpha value is -3.07. The summed E-state index contributed by atoms with van der Waals surface area (Å²) in [4.78, 5) is 28.1. The zero-order valence-corrected chi connectivity index (χ0v) is 22.1. The van der Waals surface area contributed by atoms with E-state index in [0.29, 0.717) is 0 Å². The Balaban J connectivity index is 0.000000263. The Labute approximate surface area is 226 Å². The summed E-state index contributed by atoms with van der Waals surface area (Å²) in [6, 6.07) is 2.10. The van der Waals surface area contributed by atoms with Gasteiger partial charge in [0.2, 0.25) is 0 Å². The number of aryl methyl sites for hydroxylation is 1. The van der Waals surface area contributed by atoms with Gasteiger partial charge in [0.1, 0.15) is 5.82 Å². The second kappa shape index (κ2) is 12.2. The summed E-state index contributed by atoms with van der Waals surface area (Å²) in [7, 11) is 2.25. The third-order valence-electron chi connectivity index (χ3n) is 7.22. The predicted octanol–water partition coefficient (Wildman–Crippen LogP) is 4.44. The number of imidazole rings is 1. The van der Waals surface area contributed by atoms with E-state index in [9.17, 15) is 26.3 Å². The van der Waals surface area contributed by atoms with E-state index < -0.39 is 24.3 Å². The minimum atomic E-state index is -5.08. The fraction of sp³-hybridized carbons (Fsp3) is 0.640. The molecule has 0 radical (unpaired) electrons. The van der Waals surface area contributed by atoms with Gasteiger partial charge >= 0.3 is 24.3 Å². The third-order valence-corrected chi connectivity index (χ3v) is 7.22. The quantitative estimate of drug-likeness (QED) is 0.509. The maximum absolute atomic E-state index is 10.6. The molecule has 0 unspecified atom stereocenters. The summed E-state index contributed by atoms with van der Waals surface area (Å²) in [5, 5.41) is 14.2. The summed E-state index contributed by atoms with van der Waals surface area (Å²) in [6.45, 7) is 8.85. The van der Waals surface area contributed by atoms with Gasteiger partial charge in [0.05, 0.1) is 23.9 Å². The molecule has 15 heteroatoms.